The highest BCUT2D eigenvalue weighted by Gasteiger charge is 2.20. The Balaban J connectivity index is 1.31. The number of unbranched alkanes of at least 4 members (excludes halogenated alkanes) is 5. The highest BCUT2D eigenvalue weighted by molar-refractivity contribution is 5.91. The number of rotatable bonds is 16. The van der Waals surface area contributed by atoms with E-state index in [4.69, 9.17) is 9.47 Å². The normalized spacial score (nSPS) is 17.6. The minimum atomic E-state index is -0.330. The Bertz CT molecular complexity index is 848. The van der Waals surface area contributed by atoms with Crippen molar-refractivity contribution in [1.29, 1.82) is 0 Å². The van der Waals surface area contributed by atoms with Crippen molar-refractivity contribution in [1.82, 2.24) is 0 Å². The monoisotopic (exact) mass is 492 g/mol. The molecule has 0 aromatic heterocycles. The van der Waals surface area contributed by atoms with E-state index in [0.717, 1.165) is 37.0 Å². The predicted molar refractivity (Wildman–Crippen MR) is 150 cm³/mol. The summed E-state index contributed by atoms with van der Waals surface area (Å²) >= 11 is 0. The molecular formula is C33H48O3. The van der Waals surface area contributed by atoms with Crippen LogP contribution in [0.25, 0.3) is 0 Å². The largest absolute Gasteiger partial charge is 0.494 e. The van der Waals surface area contributed by atoms with E-state index in [1.807, 2.05) is 24.3 Å². The van der Waals surface area contributed by atoms with Crippen LogP contribution in [-0.4, -0.2) is 12.6 Å². The molecule has 198 valence electrons. The minimum absolute atomic E-state index is 0.330. The molecule has 1 saturated carbocycles. The molecule has 0 amide bonds. The van der Waals surface area contributed by atoms with Crippen LogP contribution in [0.5, 0.6) is 11.5 Å². The van der Waals surface area contributed by atoms with Crippen LogP contribution in [0.3, 0.4) is 0 Å². The first-order valence-corrected chi connectivity index (χ1v) is 14.7. The van der Waals surface area contributed by atoms with Crippen molar-refractivity contribution in [3.8, 4) is 11.5 Å². The van der Waals surface area contributed by atoms with Crippen LogP contribution in [0.1, 0.15) is 120 Å². The van der Waals surface area contributed by atoms with Gasteiger partial charge in [0.25, 0.3) is 0 Å². The van der Waals surface area contributed by atoms with Gasteiger partial charge in [0.15, 0.2) is 0 Å². The van der Waals surface area contributed by atoms with Gasteiger partial charge in [0.1, 0.15) is 11.5 Å². The van der Waals surface area contributed by atoms with E-state index in [1.54, 1.807) is 12.1 Å². The maximum atomic E-state index is 12.5. The third kappa shape index (κ3) is 10.4. The molecule has 1 aliphatic rings. The Labute approximate surface area is 220 Å². The van der Waals surface area contributed by atoms with E-state index in [1.165, 1.54) is 89.0 Å². The first-order valence-electron chi connectivity index (χ1n) is 14.7. The third-order valence-electron chi connectivity index (χ3n) is 7.73. The van der Waals surface area contributed by atoms with Crippen molar-refractivity contribution >= 4 is 5.97 Å². The van der Waals surface area contributed by atoms with E-state index in [0.29, 0.717) is 11.3 Å². The molecule has 0 aliphatic heterocycles. The summed E-state index contributed by atoms with van der Waals surface area (Å²) in [7, 11) is 0. The van der Waals surface area contributed by atoms with E-state index >= 15 is 0 Å². The highest BCUT2D eigenvalue weighted by atomic mass is 16.5. The Morgan fingerprint density at radius 2 is 1.31 bits per heavy atom. The molecule has 0 spiro atoms. The first-order chi connectivity index (χ1) is 17.7. The zero-order chi connectivity index (χ0) is 25.4. The number of hydrogen-bond donors (Lipinski definition) is 0. The molecule has 0 heterocycles. The van der Waals surface area contributed by atoms with Crippen molar-refractivity contribution in [3.63, 3.8) is 0 Å². The van der Waals surface area contributed by atoms with Gasteiger partial charge in [-0.1, -0.05) is 96.6 Å². The fourth-order valence-corrected chi connectivity index (χ4v) is 5.47. The molecule has 3 rings (SSSR count). The fourth-order valence-electron chi connectivity index (χ4n) is 5.47. The Kier molecular flexibility index (Phi) is 12.9. The van der Waals surface area contributed by atoms with Gasteiger partial charge in [-0.25, -0.2) is 4.79 Å². The molecule has 36 heavy (non-hydrogen) atoms. The maximum Gasteiger partial charge on any atom is 0.343 e. The van der Waals surface area contributed by atoms with Crippen LogP contribution in [0.2, 0.25) is 0 Å². The van der Waals surface area contributed by atoms with E-state index in [2.05, 4.69) is 26.0 Å². The summed E-state index contributed by atoms with van der Waals surface area (Å²) in [4.78, 5) is 12.5. The molecule has 0 atom stereocenters. The second-order valence-corrected chi connectivity index (χ2v) is 10.7. The van der Waals surface area contributed by atoms with Crippen molar-refractivity contribution in [2.75, 3.05) is 6.61 Å². The number of esters is 1. The molecule has 2 aromatic carbocycles. The van der Waals surface area contributed by atoms with Crippen LogP contribution < -0.4 is 9.47 Å². The number of ether oxygens (including phenoxy) is 2. The van der Waals surface area contributed by atoms with Crippen molar-refractivity contribution < 1.29 is 14.3 Å². The molecule has 1 aliphatic carbocycles. The fraction of sp³-hybridized carbons (Fsp3) is 0.606. The molecule has 0 unspecified atom stereocenters. The zero-order valence-electron chi connectivity index (χ0n) is 22.8. The Morgan fingerprint density at radius 3 is 1.97 bits per heavy atom. The molecule has 0 radical (unpaired) electrons. The van der Waals surface area contributed by atoms with Crippen LogP contribution in [-0.2, 0) is 6.42 Å². The number of aryl methyl sites for hydroxylation is 1. The maximum absolute atomic E-state index is 12.5. The van der Waals surface area contributed by atoms with Gasteiger partial charge in [0.05, 0.1) is 12.2 Å². The molecule has 3 heteroatoms. The lowest BCUT2D eigenvalue weighted by molar-refractivity contribution is 0.0734. The second kappa shape index (κ2) is 16.5. The SMILES string of the molecule is CCCCCCCCc1ccc(OC(=O)c2ccc(OCCCC3CCC(CCC)CC3)cc2)cc1. The summed E-state index contributed by atoms with van der Waals surface area (Å²) < 4.78 is 11.5. The molecule has 3 nitrogen and oxygen atoms in total. The number of hydrogen-bond acceptors (Lipinski definition) is 3. The van der Waals surface area contributed by atoms with Crippen LogP contribution in [0.4, 0.5) is 0 Å². The number of carbonyl (C=O) groups excluding carboxylic acids is 1. The summed E-state index contributed by atoms with van der Waals surface area (Å²) in [5.41, 5.74) is 1.85. The van der Waals surface area contributed by atoms with Gasteiger partial charge in [-0.3, -0.25) is 0 Å². The number of carbonyl (C=O) groups is 1. The lowest BCUT2D eigenvalue weighted by Gasteiger charge is -2.28. The summed E-state index contributed by atoms with van der Waals surface area (Å²) in [5.74, 6) is 2.93. The Morgan fingerprint density at radius 1 is 0.694 bits per heavy atom. The molecule has 0 N–H and O–H groups in total. The summed E-state index contributed by atoms with van der Waals surface area (Å²) in [6.45, 7) is 5.29. The smallest absolute Gasteiger partial charge is 0.343 e. The molecule has 0 bridgehead atoms. The van der Waals surface area contributed by atoms with E-state index < -0.39 is 0 Å². The van der Waals surface area contributed by atoms with Crippen LogP contribution >= 0.6 is 0 Å². The Hall–Kier alpha value is -2.29. The van der Waals surface area contributed by atoms with Crippen molar-refractivity contribution in [2.24, 2.45) is 11.8 Å². The lowest BCUT2D eigenvalue weighted by atomic mass is 9.78. The molecule has 1 fully saturated rings. The molecule has 0 saturated heterocycles. The van der Waals surface area contributed by atoms with Gasteiger partial charge in [-0.05, 0) is 79.5 Å². The summed E-state index contributed by atoms with van der Waals surface area (Å²) in [6.07, 6.45) is 19.6. The van der Waals surface area contributed by atoms with Crippen LogP contribution in [0, 0.1) is 11.8 Å². The van der Waals surface area contributed by atoms with Gasteiger partial charge in [-0.15, -0.1) is 0 Å². The second-order valence-electron chi connectivity index (χ2n) is 10.7. The van der Waals surface area contributed by atoms with Crippen LogP contribution in [0.15, 0.2) is 48.5 Å². The minimum Gasteiger partial charge on any atom is -0.494 e. The van der Waals surface area contributed by atoms with Crippen molar-refractivity contribution in [2.45, 2.75) is 110 Å². The quantitative estimate of drug-likeness (QED) is 0.133. The average molecular weight is 493 g/mol. The zero-order valence-corrected chi connectivity index (χ0v) is 22.8. The number of benzene rings is 2. The summed E-state index contributed by atoms with van der Waals surface area (Å²) in [5, 5.41) is 0. The van der Waals surface area contributed by atoms with Gasteiger partial charge in [0, 0.05) is 0 Å². The van der Waals surface area contributed by atoms with Crippen molar-refractivity contribution in [3.05, 3.63) is 59.7 Å². The van der Waals surface area contributed by atoms with Gasteiger partial charge < -0.3 is 9.47 Å². The van der Waals surface area contributed by atoms with E-state index in [9.17, 15) is 4.79 Å². The highest BCUT2D eigenvalue weighted by Crippen LogP contribution is 2.33. The predicted octanol–water partition coefficient (Wildman–Crippen LogP) is 9.57. The average Bonchev–Trinajstić information content (AvgIpc) is 2.91. The third-order valence-corrected chi connectivity index (χ3v) is 7.73. The lowest BCUT2D eigenvalue weighted by Crippen LogP contribution is -2.15. The van der Waals surface area contributed by atoms with Gasteiger partial charge in [-0.2, -0.15) is 0 Å². The summed E-state index contributed by atoms with van der Waals surface area (Å²) in [6, 6.07) is 15.3. The standard InChI is InChI=1S/C33H48O3/c1-3-5-6-7-8-9-12-28-18-22-32(23-19-28)36-33(34)30-20-24-31(25-21-30)35-26-10-13-29-16-14-27(11-4-2)15-17-29/h18-25,27,29H,3-17,26H2,1-2H3. The van der Waals surface area contributed by atoms with E-state index in [-0.39, 0.29) is 5.97 Å². The van der Waals surface area contributed by atoms with Gasteiger partial charge in [0.2, 0.25) is 0 Å². The first kappa shape index (κ1) is 28.3. The van der Waals surface area contributed by atoms with Gasteiger partial charge >= 0.3 is 5.97 Å². The molecule has 2 aromatic rings. The topological polar surface area (TPSA) is 35.5 Å². The molecular weight excluding hydrogens is 444 g/mol.